The minimum atomic E-state index is -1.07. The maximum Gasteiger partial charge on any atom is 0.323 e. The van der Waals surface area contributed by atoms with Crippen LogP contribution in [0, 0.1) is 19.8 Å². The highest BCUT2D eigenvalue weighted by Gasteiger charge is 2.45. The van der Waals surface area contributed by atoms with E-state index in [0.29, 0.717) is 18.0 Å². The molecule has 106 valence electrons. The van der Waals surface area contributed by atoms with Crippen molar-refractivity contribution in [3.63, 3.8) is 0 Å². The fourth-order valence-corrected chi connectivity index (χ4v) is 3.09. The summed E-state index contributed by atoms with van der Waals surface area (Å²) >= 11 is 6.10. The molecule has 1 aliphatic carbocycles. The summed E-state index contributed by atoms with van der Waals surface area (Å²) < 4.78 is 1.85. The molecule has 0 bridgehead atoms. The number of hydrogen-bond donors (Lipinski definition) is 2. The van der Waals surface area contributed by atoms with Gasteiger partial charge in [-0.1, -0.05) is 18.0 Å². The average molecular weight is 286 g/mol. The molecule has 6 heteroatoms. The van der Waals surface area contributed by atoms with Crippen molar-refractivity contribution in [2.45, 2.75) is 51.6 Å². The third-order valence-corrected chi connectivity index (χ3v) is 4.80. The first-order valence-electron chi connectivity index (χ1n) is 6.58. The zero-order valence-corrected chi connectivity index (χ0v) is 12.1. The van der Waals surface area contributed by atoms with Gasteiger partial charge in [-0.15, -0.1) is 0 Å². The molecule has 2 atom stereocenters. The Morgan fingerprint density at radius 2 is 2.32 bits per heavy atom. The number of carboxylic acids is 1. The van der Waals surface area contributed by atoms with E-state index in [1.807, 2.05) is 18.5 Å². The smallest absolute Gasteiger partial charge is 0.323 e. The van der Waals surface area contributed by atoms with Crippen molar-refractivity contribution in [3.8, 4) is 0 Å². The van der Waals surface area contributed by atoms with E-state index in [-0.39, 0.29) is 5.92 Å². The van der Waals surface area contributed by atoms with Crippen LogP contribution in [0.5, 0.6) is 0 Å². The molecule has 19 heavy (non-hydrogen) atoms. The SMILES string of the molecule is Cc1nn(CCC2CCCC2(N)C(=O)O)c(C)c1Cl. The zero-order chi connectivity index (χ0) is 14.2. The number of aromatic nitrogens is 2. The van der Waals surface area contributed by atoms with Crippen molar-refractivity contribution in [2.75, 3.05) is 0 Å². The number of nitrogens with two attached hydrogens (primary N) is 1. The Balaban J connectivity index is 2.06. The maximum atomic E-state index is 11.3. The van der Waals surface area contributed by atoms with Gasteiger partial charge in [0, 0.05) is 6.54 Å². The van der Waals surface area contributed by atoms with Crippen molar-refractivity contribution in [1.29, 1.82) is 0 Å². The Labute approximate surface area is 117 Å². The summed E-state index contributed by atoms with van der Waals surface area (Å²) in [6.45, 7) is 4.45. The molecular formula is C13H20ClN3O2. The first-order chi connectivity index (χ1) is 8.86. The van der Waals surface area contributed by atoms with E-state index in [4.69, 9.17) is 17.3 Å². The lowest BCUT2D eigenvalue weighted by molar-refractivity contribution is -0.144. The predicted octanol–water partition coefficient (Wildman–Crippen LogP) is 2.13. The largest absolute Gasteiger partial charge is 0.480 e. The number of halogens is 1. The quantitative estimate of drug-likeness (QED) is 0.888. The summed E-state index contributed by atoms with van der Waals surface area (Å²) in [6.07, 6.45) is 3.03. The summed E-state index contributed by atoms with van der Waals surface area (Å²) in [6, 6.07) is 0. The number of hydrogen-bond acceptors (Lipinski definition) is 3. The lowest BCUT2D eigenvalue weighted by atomic mass is 9.86. The van der Waals surface area contributed by atoms with Gasteiger partial charge in [0.1, 0.15) is 5.54 Å². The molecule has 0 spiro atoms. The van der Waals surface area contributed by atoms with E-state index < -0.39 is 11.5 Å². The van der Waals surface area contributed by atoms with Gasteiger partial charge in [0.25, 0.3) is 0 Å². The van der Waals surface area contributed by atoms with E-state index in [1.165, 1.54) is 0 Å². The van der Waals surface area contributed by atoms with Gasteiger partial charge in [-0.3, -0.25) is 9.48 Å². The molecule has 1 fully saturated rings. The molecule has 1 aromatic heterocycles. The Bertz CT molecular complexity index is 500. The second-order valence-electron chi connectivity index (χ2n) is 5.43. The second kappa shape index (κ2) is 5.13. The number of carboxylic acid groups (broad SMARTS) is 1. The minimum Gasteiger partial charge on any atom is -0.480 e. The molecule has 2 unspecified atom stereocenters. The highest BCUT2D eigenvalue weighted by molar-refractivity contribution is 6.31. The monoisotopic (exact) mass is 285 g/mol. The van der Waals surface area contributed by atoms with Crippen molar-refractivity contribution in [2.24, 2.45) is 11.7 Å². The zero-order valence-electron chi connectivity index (χ0n) is 11.3. The van der Waals surface area contributed by atoms with Crippen LogP contribution in [0.1, 0.15) is 37.1 Å². The molecule has 0 aromatic carbocycles. The van der Waals surface area contributed by atoms with Crippen LogP contribution in [0.25, 0.3) is 0 Å². The topological polar surface area (TPSA) is 81.1 Å². The number of nitrogens with zero attached hydrogens (tertiary/aromatic N) is 2. The second-order valence-corrected chi connectivity index (χ2v) is 5.81. The fourth-order valence-electron chi connectivity index (χ4n) is 2.96. The molecule has 2 rings (SSSR count). The highest BCUT2D eigenvalue weighted by atomic mass is 35.5. The Kier molecular flexibility index (Phi) is 3.87. The summed E-state index contributed by atoms with van der Waals surface area (Å²) in [5, 5.41) is 14.3. The van der Waals surface area contributed by atoms with Crippen LogP contribution < -0.4 is 5.73 Å². The van der Waals surface area contributed by atoms with Crippen molar-refractivity contribution >= 4 is 17.6 Å². The van der Waals surface area contributed by atoms with Crippen molar-refractivity contribution in [3.05, 3.63) is 16.4 Å². The summed E-state index contributed by atoms with van der Waals surface area (Å²) in [7, 11) is 0. The van der Waals surface area contributed by atoms with Crippen LogP contribution in [-0.4, -0.2) is 26.4 Å². The van der Waals surface area contributed by atoms with Gasteiger partial charge >= 0.3 is 5.97 Å². The van der Waals surface area contributed by atoms with E-state index in [0.717, 1.165) is 30.7 Å². The number of rotatable bonds is 4. The van der Waals surface area contributed by atoms with Gasteiger partial charge < -0.3 is 10.8 Å². The molecule has 0 aliphatic heterocycles. The first kappa shape index (κ1) is 14.3. The number of carbonyl (C=O) groups is 1. The first-order valence-corrected chi connectivity index (χ1v) is 6.96. The van der Waals surface area contributed by atoms with Crippen LogP contribution in [0.3, 0.4) is 0 Å². The van der Waals surface area contributed by atoms with Gasteiger partial charge in [0.2, 0.25) is 0 Å². The molecule has 0 saturated heterocycles. The fraction of sp³-hybridized carbons (Fsp3) is 0.692. The Morgan fingerprint density at radius 3 is 2.84 bits per heavy atom. The molecule has 1 aliphatic rings. The van der Waals surface area contributed by atoms with Gasteiger partial charge in [0.15, 0.2) is 0 Å². The molecule has 0 radical (unpaired) electrons. The molecule has 1 heterocycles. The minimum absolute atomic E-state index is 0.00711. The third kappa shape index (κ3) is 2.49. The summed E-state index contributed by atoms with van der Waals surface area (Å²) in [5.41, 5.74) is 6.69. The number of aliphatic carboxylic acids is 1. The van der Waals surface area contributed by atoms with Gasteiger partial charge in [-0.05, 0) is 39.0 Å². The molecule has 1 aromatic rings. The van der Waals surface area contributed by atoms with E-state index in [2.05, 4.69) is 5.10 Å². The average Bonchev–Trinajstić information content (AvgIpc) is 2.84. The predicted molar refractivity (Wildman–Crippen MR) is 73.2 cm³/mol. The lowest BCUT2D eigenvalue weighted by Gasteiger charge is -2.26. The van der Waals surface area contributed by atoms with Crippen LogP contribution in [0.2, 0.25) is 5.02 Å². The summed E-state index contributed by atoms with van der Waals surface area (Å²) in [5.74, 6) is -0.880. The number of aryl methyl sites for hydroxylation is 2. The highest BCUT2D eigenvalue weighted by Crippen LogP contribution is 2.36. The van der Waals surface area contributed by atoms with Gasteiger partial charge in [0.05, 0.1) is 16.4 Å². The van der Waals surface area contributed by atoms with Crippen LogP contribution in [-0.2, 0) is 11.3 Å². The van der Waals surface area contributed by atoms with Crippen molar-refractivity contribution in [1.82, 2.24) is 9.78 Å². The third-order valence-electron chi connectivity index (χ3n) is 4.25. The van der Waals surface area contributed by atoms with Crippen molar-refractivity contribution < 1.29 is 9.90 Å². The van der Waals surface area contributed by atoms with Crippen LogP contribution >= 0.6 is 11.6 Å². The van der Waals surface area contributed by atoms with Crippen LogP contribution in [0.15, 0.2) is 0 Å². The van der Waals surface area contributed by atoms with Gasteiger partial charge in [-0.25, -0.2) is 0 Å². The Hall–Kier alpha value is -1.07. The van der Waals surface area contributed by atoms with Gasteiger partial charge in [-0.2, -0.15) is 5.10 Å². The Morgan fingerprint density at radius 1 is 1.63 bits per heavy atom. The van der Waals surface area contributed by atoms with E-state index >= 15 is 0 Å². The molecule has 5 nitrogen and oxygen atoms in total. The molecule has 1 saturated carbocycles. The molecular weight excluding hydrogens is 266 g/mol. The molecule has 3 N–H and O–H groups in total. The standard InChI is InChI=1S/C13H20ClN3O2/c1-8-11(14)9(2)17(16-8)7-5-10-4-3-6-13(10,15)12(18)19/h10H,3-7,15H2,1-2H3,(H,18,19). The summed E-state index contributed by atoms with van der Waals surface area (Å²) in [4.78, 5) is 11.3. The molecule has 0 amide bonds. The lowest BCUT2D eigenvalue weighted by Crippen LogP contribution is -2.51. The van der Waals surface area contributed by atoms with E-state index in [9.17, 15) is 9.90 Å². The van der Waals surface area contributed by atoms with E-state index in [1.54, 1.807) is 0 Å². The normalized spacial score (nSPS) is 26.8. The maximum absolute atomic E-state index is 11.3. The van der Waals surface area contributed by atoms with Crippen LogP contribution in [0.4, 0.5) is 0 Å².